The lowest BCUT2D eigenvalue weighted by Crippen LogP contribution is -2.17. The zero-order chi connectivity index (χ0) is 15.2. The van der Waals surface area contributed by atoms with Crippen LogP contribution in [-0.4, -0.2) is 12.9 Å². The Labute approximate surface area is 123 Å². The zero-order valence-electron chi connectivity index (χ0n) is 13.6. The Hall–Kier alpha value is -1.28. The van der Waals surface area contributed by atoms with Gasteiger partial charge in [-0.3, -0.25) is 0 Å². The molecule has 0 spiro atoms. The van der Waals surface area contributed by atoms with Gasteiger partial charge in [0.25, 0.3) is 0 Å². The third-order valence-corrected chi connectivity index (χ3v) is 3.26. The van der Waals surface area contributed by atoms with E-state index in [-0.39, 0.29) is 11.7 Å². The van der Waals surface area contributed by atoms with Gasteiger partial charge in [0.1, 0.15) is 5.75 Å². The summed E-state index contributed by atoms with van der Waals surface area (Å²) in [5, 5.41) is 0. The second-order valence-electron chi connectivity index (χ2n) is 6.08. The fourth-order valence-electron chi connectivity index (χ4n) is 2.31. The minimum absolute atomic E-state index is 0.202. The monoisotopic (exact) mass is 276 g/mol. The maximum absolute atomic E-state index is 5.69. The summed E-state index contributed by atoms with van der Waals surface area (Å²) in [5.41, 5.74) is 1.51. The summed E-state index contributed by atoms with van der Waals surface area (Å²) in [6.45, 7) is 13.4. The van der Waals surface area contributed by atoms with Crippen molar-refractivity contribution < 1.29 is 9.47 Å². The molecule has 0 radical (unpaired) electrons. The van der Waals surface area contributed by atoms with E-state index in [1.807, 2.05) is 26.0 Å². The van der Waals surface area contributed by atoms with Crippen molar-refractivity contribution in [3.8, 4) is 5.75 Å². The zero-order valence-corrected chi connectivity index (χ0v) is 13.6. The van der Waals surface area contributed by atoms with Crippen LogP contribution in [-0.2, 0) is 4.74 Å². The van der Waals surface area contributed by atoms with Crippen LogP contribution in [0.4, 0.5) is 0 Å². The molecule has 0 heterocycles. The van der Waals surface area contributed by atoms with E-state index >= 15 is 0 Å². The van der Waals surface area contributed by atoms with Crippen LogP contribution < -0.4 is 4.74 Å². The molecule has 0 saturated carbocycles. The summed E-state index contributed by atoms with van der Waals surface area (Å²) in [6.07, 6.45) is 4.18. The Morgan fingerprint density at radius 1 is 1.15 bits per heavy atom. The molecule has 0 fully saturated rings. The van der Waals surface area contributed by atoms with E-state index in [0.717, 1.165) is 5.75 Å². The first-order chi connectivity index (χ1) is 9.38. The van der Waals surface area contributed by atoms with Crippen molar-refractivity contribution in [1.29, 1.82) is 0 Å². The lowest BCUT2D eigenvalue weighted by Gasteiger charge is -2.29. The highest BCUT2D eigenvalue weighted by Gasteiger charge is 2.23. The Morgan fingerprint density at radius 3 is 2.20 bits per heavy atom. The van der Waals surface area contributed by atoms with Crippen molar-refractivity contribution in [2.75, 3.05) is 6.61 Å². The Morgan fingerprint density at radius 2 is 1.75 bits per heavy atom. The van der Waals surface area contributed by atoms with Crippen molar-refractivity contribution in [1.82, 2.24) is 0 Å². The van der Waals surface area contributed by atoms with E-state index in [2.05, 4.69) is 52.0 Å². The van der Waals surface area contributed by atoms with Gasteiger partial charge in [-0.15, -0.1) is 0 Å². The molecule has 2 atom stereocenters. The average Bonchev–Trinajstić information content (AvgIpc) is 2.36. The number of allylic oxidation sites excluding steroid dienone is 2. The summed E-state index contributed by atoms with van der Waals surface area (Å²) in [6, 6.07) is 8.33. The Kier molecular flexibility index (Phi) is 6.28. The highest BCUT2D eigenvalue weighted by atomic mass is 16.7. The molecule has 1 aromatic carbocycles. The largest absolute Gasteiger partial charge is 0.465 e. The van der Waals surface area contributed by atoms with Crippen LogP contribution >= 0.6 is 0 Å². The smallest absolute Gasteiger partial charge is 0.196 e. The summed E-state index contributed by atoms with van der Waals surface area (Å²) >= 11 is 0. The minimum atomic E-state index is -0.209. The molecule has 0 aromatic heterocycles. The summed E-state index contributed by atoms with van der Waals surface area (Å²) in [4.78, 5) is 0. The average molecular weight is 276 g/mol. The van der Waals surface area contributed by atoms with Crippen molar-refractivity contribution in [2.24, 2.45) is 5.41 Å². The van der Waals surface area contributed by atoms with Crippen LogP contribution in [0.25, 0.3) is 0 Å². The van der Waals surface area contributed by atoms with E-state index in [0.29, 0.717) is 12.5 Å². The second-order valence-corrected chi connectivity index (χ2v) is 6.08. The van der Waals surface area contributed by atoms with Crippen molar-refractivity contribution >= 4 is 0 Å². The minimum Gasteiger partial charge on any atom is -0.465 e. The number of hydrogen-bond acceptors (Lipinski definition) is 2. The van der Waals surface area contributed by atoms with Gasteiger partial charge >= 0.3 is 0 Å². The molecule has 20 heavy (non-hydrogen) atoms. The van der Waals surface area contributed by atoms with Gasteiger partial charge in [0.15, 0.2) is 6.29 Å². The standard InChI is InChI=1S/C18H28O2/c1-7-9-17(18(4,5)6)15-10-12-16(13-11-15)20-14(3)19-8-2/h7,9-14,17H,8H2,1-6H3/b9-7-. The van der Waals surface area contributed by atoms with E-state index in [4.69, 9.17) is 9.47 Å². The van der Waals surface area contributed by atoms with Gasteiger partial charge in [0.05, 0.1) is 0 Å². The van der Waals surface area contributed by atoms with Gasteiger partial charge in [-0.2, -0.15) is 0 Å². The summed E-state index contributed by atoms with van der Waals surface area (Å²) < 4.78 is 11.1. The first-order valence-corrected chi connectivity index (χ1v) is 7.39. The van der Waals surface area contributed by atoms with Crippen LogP contribution in [0.3, 0.4) is 0 Å². The van der Waals surface area contributed by atoms with Crippen LogP contribution in [0.15, 0.2) is 36.4 Å². The van der Waals surface area contributed by atoms with Gasteiger partial charge in [0, 0.05) is 12.5 Å². The molecule has 1 rings (SSSR count). The maximum Gasteiger partial charge on any atom is 0.196 e. The molecule has 0 aliphatic carbocycles. The molecule has 2 nitrogen and oxygen atoms in total. The molecule has 2 heteroatoms. The normalized spacial score (nSPS) is 15.3. The van der Waals surface area contributed by atoms with Crippen molar-refractivity contribution in [3.63, 3.8) is 0 Å². The number of hydrogen-bond donors (Lipinski definition) is 0. The molecule has 2 unspecified atom stereocenters. The lowest BCUT2D eigenvalue weighted by atomic mass is 9.76. The predicted molar refractivity (Wildman–Crippen MR) is 85.2 cm³/mol. The third-order valence-electron chi connectivity index (χ3n) is 3.26. The predicted octanol–water partition coefficient (Wildman–Crippen LogP) is 5.15. The Bertz CT molecular complexity index is 412. The van der Waals surface area contributed by atoms with E-state index < -0.39 is 0 Å². The van der Waals surface area contributed by atoms with Crippen LogP contribution in [0.5, 0.6) is 5.75 Å². The quantitative estimate of drug-likeness (QED) is 0.528. The first kappa shape index (κ1) is 16.8. The molecule has 0 N–H and O–H groups in total. The van der Waals surface area contributed by atoms with Gasteiger partial charge in [-0.1, -0.05) is 45.1 Å². The van der Waals surface area contributed by atoms with E-state index in [1.54, 1.807) is 0 Å². The third kappa shape index (κ3) is 5.01. The van der Waals surface area contributed by atoms with Crippen molar-refractivity contribution in [3.05, 3.63) is 42.0 Å². The number of ether oxygens (including phenoxy) is 2. The molecule has 0 aliphatic heterocycles. The maximum atomic E-state index is 5.69. The molecule has 0 aliphatic rings. The molecule has 0 amide bonds. The van der Waals surface area contributed by atoms with Gasteiger partial charge in [-0.05, 0) is 43.9 Å². The lowest BCUT2D eigenvalue weighted by molar-refractivity contribution is -0.0613. The van der Waals surface area contributed by atoms with Crippen molar-refractivity contribution in [2.45, 2.75) is 53.8 Å². The SMILES string of the molecule is C/C=C\C(c1ccc(OC(C)OCC)cc1)C(C)(C)C. The topological polar surface area (TPSA) is 18.5 Å². The summed E-state index contributed by atoms with van der Waals surface area (Å²) in [7, 11) is 0. The molecule has 1 aromatic rings. The first-order valence-electron chi connectivity index (χ1n) is 7.39. The van der Waals surface area contributed by atoms with Gasteiger partial charge < -0.3 is 9.47 Å². The van der Waals surface area contributed by atoms with Crippen LogP contribution in [0.2, 0.25) is 0 Å². The molecular formula is C18H28O2. The van der Waals surface area contributed by atoms with E-state index in [1.165, 1.54) is 5.56 Å². The highest BCUT2D eigenvalue weighted by molar-refractivity contribution is 5.32. The highest BCUT2D eigenvalue weighted by Crippen LogP contribution is 2.36. The van der Waals surface area contributed by atoms with Gasteiger partial charge in [0.2, 0.25) is 0 Å². The summed E-state index contributed by atoms with van der Waals surface area (Å²) in [5.74, 6) is 1.26. The number of rotatable bonds is 6. The molecule has 112 valence electrons. The molecule has 0 bridgehead atoms. The molecular weight excluding hydrogens is 248 g/mol. The fraction of sp³-hybridized carbons (Fsp3) is 0.556. The van der Waals surface area contributed by atoms with Gasteiger partial charge in [-0.25, -0.2) is 0 Å². The van der Waals surface area contributed by atoms with Crippen LogP contribution in [0, 0.1) is 5.41 Å². The second kappa shape index (κ2) is 7.49. The van der Waals surface area contributed by atoms with Crippen LogP contribution in [0.1, 0.15) is 53.0 Å². The Balaban J connectivity index is 2.83. The molecule has 0 saturated heterocycles. The number of benzene rings is 1. The fourth-order valence-corrected chi connectivity index (χ4v) is 2.31. The van der Waals surface area contributed by atoms with E-state index in [9.17, 15) is 0 Å².